The average molecular weight is 251 g/mol. The van der Waals surface area contributed by atoms with E-state index in [0.717, 1.165) is 0 Å². The van der Waals surface area contributed by atoms with Gasteiger partial charge in [0.15, 0.2) is 0 Å². The second-order valence-electron chi connectivity index (χ2n) is 4.75. The molecule has 1 aromatic carbocycles. The van der Waals surface area contributed by atoms with E-state index in [4.69, 9.17) is 5.73 Å². The van der Waals surface area contributed by atoms with E-state index in [1.165, 1.54) is 6.07 Å². The van der Waals surface area contributed by atoms with Gasteiger partial charge >= 0.3 is 5.69 Å². The summed E-state index contributed by atoms with van der Waals surface area (Å²) in [5, 5.41) is 20.8. The summed E-state index contributed by atoms with van der Waals surface area (Å²) in [4.78, 5) is 12.6. The fraction of sp³-hybridized carbons (Fsp3) is 0.500. The van der Waals surface area contributed by atoms with Gasteiger partial charge in [0.2, 0.25) is 0 Å². The first-order chi connectivity index (χ1) is 8.50. The van der Waals surface area contributed by atoms with Crippen molar-refractivity contribution in [2.75, 3.05) is 23.7 Å². The second kappa shape index (κ2) is 4.81. The number of aliphatic hydroxyl groups is 1. The van der Waals surface area contributed by atoms with Crippen LogP contribution in [0.1, 0.15) is 13.3 Å². The van der Waals surface area contributed by atoms with Crippen LogP contribution >= 0.6 is 0 Å². The molecule has 2 unspecified atom stereocenters. The average Bonchev–Trinajstić information content (AvgIpc) is 2.32. The van der Waals surface area contributed by atoms with E-state index >= 15 is 0 Å². The van der Waals surface area contributed by atoms with E-state index in [2.05, 4.69) is 0 Å². The van der Waals surface area contributed by atoms with Crippen LogP contribution in [0.2, 0.25) is 0 Å². The summed E-state index contributed by atoms with van der Waals surface area (Å²) in [6.45, 7) is 3.15. The molecule has 2 atom stereocenters. The lowest BCUT2D eigenvalue weighted by atomic mass is 9.96. The molecule has 6 heteroatoms. The van der Waals surface area contributed by atoms with Gasteiger partial charge in [-0.05, 0) is 24.5 Å². The van der Waals surface area contributed by atoms with Gasteiger partial charge in [0.05, 0.1) is 11.0 Å². The number of benzene rings is 1. The quantitative estimate of drug-likeness (QED) is 0.470. The molecule has 0 amide bonds. The number of para-hydroxylation sites is 1. The van der Waals surface area contributed by atoms with Crippen LogP contribution in [0.5, 0.6) is 0 Å². The van der Waals surface area contributed by atoms with Crippen molar-refractivity contribution in [3.63, 3.8) is 0 Å². The third kappa shape index (κ3) is 2.24. The number of nitro benzene ring substituents is 1. The molecule has 0 aromatic heterocycles. The van der Waals surface area contributed by atoms with Gasteiger partial charge in [-0.3, -0.25) is 10.1 Å². The van der Waals surface area contributed by atoms with Gasteiger partial charge in [-0.25, -0.2) is 0 Å². The van der Waals surface area contributed by atoms with Crippen molar-refractivity contribution in [2.45, 2.75) is 19.4 Å². The van der Waals surface area contributed by atoms with Gasteiger partial charge < -0.3 is 15.7 Å². The molecule has 1 aromatic rings. The minimum Gasteiger partial charge on any atom is -0.393 e. The second-order valence-corrected chi connectivity index (χ2v) is 4.75. The zero-order chi connectivity index (χ0) is 13.3. The highest BCUT2D eigenvalue weighted by Gasteiger charge is 2.29. The van der Waals surface area contributed by atoms with Crippen LogP contribution in [0, 0.1) is 16.0 Å². The highest BCUT2D eigenvalue weighted by atomic mass is 16.6. The summed E-state index contributed by atoms with van der Waals surface area (Å²) in [6.07, 6.45) is 0.286. The summed E-state index contributed by atoms with van der Waals surface area (Å²) >= 11 is 0. The third-order valence-corrected chi connectivity index (χ3v) is 3.43. The lowest BCUT2D eigenvalue weighted by molar-refractivity contribution is -0.383. The number of hydrogen-bond donors (Lipinski definition) is 2. The van der Waals surface area contributed by atoms with Crippen molar-refractivity contribution in [3.05, 3.63) is 28.3 Å². The minimum absolute atomic E-state index is 0.0407. The van der Waals surface area contributed by atoms with Crippen LogP contribution in [0.3, 0.4) is 0 Å². The normalized spacial score (nSPS) is 24.0. The molecule has 0 aliphatic carbocycles. The Kier molecular flexibility index (Phi) is 3.38. The molecule has 1 aliphatic heterocycles. The molecule has 1 saturated heterocycles. The van der Waals surface area contributed by atoms with Crippen LogP contribution in [0.25, 0.3) is 0 Å². The van der Waals surface area contributed by atoms with E-state index in [9.17, 15) is 15.2 Å². The van der Waals surface area contributed by atoms with E-state index in [0.29, 0.717) is 25.2 Å². The first-order valence-corrected chi connectivity index (χ1v) is 5.96. The maximum absolute atomic E-state index is 11.1. The lowest BCUT2D eigenvalue weighted by Crippen LogP contribution is -2.42. The monoisotopic (exact) mass is 251 g/mol. The Hall–Kier alpha value is -1.82. The first kappa shape index (κ1) is 12.6. The maximum atomic E-state index is 11.1. The minimum atomic E-state index is -0.444. The molecular weight excluding hydrogens is 234 g/mol. The van der Waals surface area contributed by atoms with E-state index in [1.807, 2.05) is 11.8 Å². The molecule has 0 saturated carbocycles. The molecule has 6 nitrogen and oxygen atoms in total. The Morgan fingerprint density at radius 3 is 2.89 bits per heavy atom. The predicted molar refractivity (Wildman–Crippen MR) is 69.5 cm³/mol. The number of aliphatic hydroxyl groups excluding tert-OH is 1. The molecule has 1 heterocycles. The Balaban J connectivity index is 2.34. The van der Waals surface area contributed by atoms with Gasteiger partial charge in [-0.2, -0.15) is 0 Å². The standard InChI is InChI=1S/C12H17N3O3/c1-8-7-14(6-5-11(8)16)10-4-2-3-9(13)12(10)15(17)18/h2-4,8,11,16H,5-7,13H2,1H3. The summed E-state index contributed by atoms with van der Waals surface area (Å²) in [5.74, 6) is 0.0970. The summed E-state index contributed by atoms with van der Waals surface area (Å²) in [7, 11) is 0. The SMILES string of the molecule is CC1CN(c2cccc(N)c2[N+](=O)[O-])CCC1O. The number of nitro groups is 1. The van der Waals surface area contributed by atoms with Gasteiger partial charge in [-0.1, -0.05) is 13.0 Å². The number of anilines is 2. The maximum Gasteiger partial charge on any atom is 0.315 e. The number of piperidine rings is 1. The largest absolute Gasteiger partial charge is 0.393 e. The first-order valence-electron chi connectivity index (χ1n) is 5.96. The Morgan fingerprint density at radius 2 is 2.28 bits per heavy atom. The highest BCUT2D eigenvalue weighted by Crippen LogP contribution is 2.35. The molecule has 3 N–H and O–H groups in total. The summed E-state index contributed by atoms with van der Waals surface area (Å²) in [6, 6.07) is 4.95. The Bertz CT molecular complexity index is 464. The summed E-state index contributed by atoms with van der Waals surface area (Å²) < 4.78 is 0. The zero-order valence-corrected chi connectivity index (χ0v) is 10.2. The van der Waals surface area contributed by atoms with Crippen molar-refractivity contribution in [1.82, 2.24) is 0 Å². The molecule has 18 heavy (non-hydrogen) atoms. The molecule has 0 radical (unpaired) electrons. The molecule has 98 valence electrons. The van der Waals surface area contributed by atoms with E-state index in [1.54, 1.807) is 12.1 Å². The van der Waals surface area contributed by atoms with Gasteiger partial charge in [0.1, 0.15) is 11.4 Å². The van der Waals surface area contributed by atoms with Crippen LogP contribution < -0.4 is 10.6 Å². The highest BCUT2D eigenvalue weighted by molar-refractivity contribution is 5.75. The van der Waals surface area contributed by atoms with Crippen LogP contribution in [-0.2, 0) is 0 Å². The number of hydrogen-bond acceptors (Lipinski definition) is 5. The van der Waals surface area contributed by atoms with Crippen molar-refractivity contribution < 1.29 is 10.0 Å². The fourth-order valence-electron chi connectivity index (χ4n) is 2.35. The zero-order valence-electron chi connectivity index (χ0n) is 10.2. The van der Waals surface area contributed by atoms with Crippen LogP contribution in [0.15, 0.2) is 18.2 Å². The summed E-state index contributed by atoms with van der Waals surface area (Å²) in [5.41, 5.74) is 6.35. The Morgan fingerprint density at radius 1 is 1.56 bits per heavy atom. The van der Waals surface area contributed by atoms with E-state index in [-0.39, 0.29) is 23.4 Å². The number of rotatable bonds is 2. The van der Waals surface area contributed by atoms with Gasteiger partial charge in [0.25, 0.3) is 0 Å². The van der Waals surface area contributed by atoms with Crippen LogP contribution in [-0.4, -0.2) is 29.2 Å². The van der Waals surface area contributed by atoms with Gasteiger partial charge in [-0.15, -0.1) is 0 Å². The molecule has 1 fully saturated rings. The van der Waals surface area contributed by atoms with Crippen molar-refractivity contribution >= 4 is 17.1 Å². The molecule has 0 spiro atoms. The van der Waals surface area contributed by atoms with Gasteiger partial charge in [0, 0.05) is 13.1 Å². The smallest absolute Gasteiger partial charge is 0.315 e. The Labute approximate surface area is 105 Å². The molecule has 0 bridgehead atoms. The fourth-order valence-corrected chi connectivity index (χ4v) is 2.35. The predicted octanol–water partition coefficient (Wildman–Crippen LogP) is 1.38. The van der Waals surface area contributed by atoms with Crippen molar-refractivity contribution in [3.8, 4) is 0 Å². The van der Waals surface area contributed by atoms with E-state index < -0.39 is 4.92 Å². The van der Waals surface area contributed by atoms with Crippen LogP contribution in [0.4, 0.5) is 17.1 Å². The number of nitrogen functional groups attached to an aromatic ring is 1. The molecule has 2 rings (SSSR count). The number of nitrogens with zero attached hydrogens (tertiary/aromatic N) is 2. The van der Waals surface area contributed by atoms with Crippen molar-refractivity contribution in [1.29, 1.82) is 0 Å². The number of nitrogens with two attached hydrogens (primary N) is 1. The topological polar surface area (TPSA) is 92.6 Å². The molecule has 1 aliphatic rings. The third-order valence-electron chi connectivity index (χ3n) is 3.43. The lowest BCUT2D eigenvalue weighted by Gasteiger charge is -2.35. The van der Waals surface area contributed by atoms with Crippen molar-refractivity contribution in [2.24, 2.45) is 5.92 Å². The molecular formula is C12H17N3O3.